The number of thioether (sulfide) groups is 1. The van der Waals surface area contributed by atoms with Gasteiger partial charge in [-0.3, -0.25) is 9.36 Å². The summed E-state index contributed by atoms with van der Waals surface area (Å²) in [6, 6.07) is 16.0. The van der Waals surface area contributed by atoms with Gasteiger partial charge < -0.3 is 13.9 Å². The summed E-state index contributed by atoms with van der Waals surface area (Å²) in [5, 5.41) is 0. The largest absolute Gasteiger partial charge is 0.465 e. The molecule has 0 bridgehead atoms. The molecule has 0 spiro atoms. The van der Waals surface area contributed by atoms with Gasteiger partial charge in [0.25, 0.3) is 5.56 Å². The lowest BCUT2D eigenvalue weighted by atomic mass is 9.96. The zero-order chi connectivity index (χ0) is 30.1. The van der Waals surface area contributed by atoms with Crippen molar-refractivity contribution in [3.63, 3.8) is 0 Å². The van der Waals surface area contributed by atoms with Crippen LogP contribution in [0.1, 0.15) is 54.1 Å². The number of rotatable bonds is 7. The highest BCUT2D eigenvalue weighted by molar-refractivity contribution is 7.98. The van der Waals surface area contributed by atoms with E-state index >= 15 is 0 Å². The Morgan fingerprint density at radius 3 is 2.45 bits per heavy atom. The lowest BCUT2D eigenvalue weighted by Crippen LogP contribution is -2.40. The van der Waals surface area contributed by atoms with Gasteiger partial charge in [0.2, 0.25) is 0 Å². The minimum Gasteiger partial charge on any atom is -0.465 e. The van der Waals surface area contributed by atoms with Crippen LogP contribution in [0.15, 0.2) is 85.0 Å². The molecular formula is C32H30N2O6S2. The van der Waals surface area contributed by atoms with Crippen molar-refractivity contribution in [1.82, 2.24) is 4.57 Å². The van der Waals surface area contributed by atoms with Crippen LogP contribution in [0.5, 0.6) is 0 Å². The quantitative estimate of drug-likeness (QED) is 0.210. The van der Waals surface area contributed by atoms with Crippen molar-refractivity contribution in [1.29, 1.82) is 0 Å². The minimum atomic E-state index is -0.686. The Hall–Kier alpha value is -4.15. The van der Waals surface area contributed by atoms with E-state index in [1.165, 1.54) is 18.4 Å². The van der Waals surface area contributed by atoms with Crippen LogP contribution in [0, 0.1) is 6.92 Å². The fourth-order valence-corrected chi connectivity index (χ4v) is 6.29. The molecule has 1 aliphatic rings. The highest BCUT2D eigenvalue weighted by atomic mass is 32.2. The third-order valence-electron chi connectivity index (χ3n) is 6.83. The first-order chi connectivity index (χ1) is 20.1. The van der Waals surface area contributed by atoms with E-state index in [-0.39, 0.29) is 11.7 Å². The van der Waals surface area contributed by atoms with Gasteiger partial charge in [-0.2, -0.15) is 0 Å². The standard InChI is InChI=1S/C32H30N2O6S2/c1-17(2)39-31(37)27-19(4)33-32-34(28(27)20-7-11-23(41-6)12-8-20)29(35)26(42-32)16-22-10-14-25(40-22)24-13-9-21(15-18(24)3)30(36)38-5/h7-17,28H,1-6H3/b26-16-/t28-/m1/s1. The molecule has 1 atom stereocenters. The maximum absolute atomic E-state index is 13.9. The first-order valence-electron chi connectivity index (χ1n) is 13.3. The third kappa shape index (κ3) is 5.64. The number of methoxy groups -OCH3 is 1. The van der Waals surface area contributed by atoms with Crippen molar-refractivity contribution in [3.8, 4) is 11.3 Å². The number of hydrogen-bond donors (Lipinski definition) is 0. The maximum Gasteiger partial charge on any atom is 0.338 e. The van der Waals surface area contributed by atoms with Gasteiger partial charge in [0.1, 0.15) is 11.5 Å². The molecule has 2 aromatic carbocycles. The molecule has 0 aliphatic carbocycles. The van der Waals surface area contributed by atoms with Gasteiger partial charge in [0.05, 0.1) is 40.6 Å². The molecule has 216 valence electrons. The van der Waals surface area contributed by atoms with Gasteiger partial charge in [0, 0.05) is 16.5 Å². The molecule has 10 heteroatoms. The number of nitrogens with zero attached hydrogens (tertiary/aromatic N) is 2. The van der Waals surface area contributed by atoms with Crippen molar-refractivity contribution in [2.45, 2.75) is 44.7 Å². The topological polar surface area (TPSA) is 100 Å². The lowest BCUT2D eigenvalue weighted by molar-refractivity contribution is -0.143. The highest BCUT2D eigenvalue weighted by Gasteiger charge is 2.33. The predicted octanol–water partition coefficient (Wildman–Crippen LogP) is 5.26. The second kappa shape index (κ2) is 12.0. The van der Waals surface area contributed by atoms with Crippen LogP contribution in [0.3, 0.4) is 0 Å². The number of aromatic nitrogens is 1. The highest BCUT2D eigenvalue weighted by Crippen LogP contribution is 2.32. The number of fused-ring (bicyclic) bond motifs is 1. The van der Waals surface area contributed by atoms with Gasteiger partial charge in [-0.25, -0.2) is 14.6 Å². The number of benzene rings is 2. The van der Waals surface area contributed by atoms with E-state index in [0.29, 0.717) is 37.7 Å². The monoisotopic (exact) mass is 602 g/mol. The number of thiazole rings is 1. The molecule has 0 saturated heterocycles. The summed E-state index contributed by atoms with van der Waals surface area (Å²) in [6.45, 7) is 7.23. The molecule has 0 fully saturated rings. The summed E-state index contributed by atoms with van der Waals surface area (Å²) in [6.07, 6.45) is 3.35. The van der Waals surface area contributed by atoms with E-state index in [1.807, 2.05) is 43.5 Å². The molecule has 1 aliphatic heterocycles. The van der Waals surface area contributed by atoms with E-state index < -0.39 is 18.0 Å². The van der Waals surface area contributed by atoms with Crippen molar-refractivity contribution in [2.75, 3.05) is 13.4 Å². The molecule has 0 unspecified atom stereocenters. The van der Waals surface area contributed by atoms with Gasteiger partial charge in [-0.1, -0.05) is 29.5 Å². The number of esters is 2. The Labute approximate surface area is 251 Å². The van der Waals surface area contributed by atoms with Crippen molar-refractivity contribution < 1.29 is 23.5 Å². The SMILES string of the molecule is COC(=O)c1ccc(-c2ccc(/C=c3\sc4n(c3=O)[C@H](c3ccc(SC)cc3)C(C(=O)OC(C)C)=C(C)N=4)o2)c(C)c1. The number of aryl methyl sites for hydroxylation is 1. The molecule has 5 rings (SSSR count). The average Bonchev–Trinajstić information content (AvgIpc) is 3.55. The number of ether oxygens (including phenoxy) is 2. The van der Waals surface area contributed by atoms with Crippen LogP contribution in [-0.4, -0.2) is 36.0 Å². The van der Waals surface area contributed by atoms with Crippen LogP contribution in [0.25, 0.3) is 17.4 Å². The minimum absolute atomic E-state index is 0.281. The number of carbonyl (C=O) groups excluding carboxylic acids is 2. The van der Waals surface area contributed by atoms with Gasteiger partial charge in [-0.15, -0.1) is 11.8 Å². The first-order valence-corrected chi connectivity index (χ1v) is 15.3. The van der Waals surface area contributed by atoms with E-state index in [9.17, 15) is 14.4 Å². The van der Waals surface area contributed by atoms with Gasteiger partial charge in [0.15, 0.2) is 4.80 Å². The van der Waals surface area contributed by atoms with Crippen LogP contribution in [0.2, 0.25) is 0 Å². The molecule has 3 heterocycles. The molecule has 2 aromatic heterocycles. The van der Waals surface area contributed by atoms with Crippen molar-refractivity contribution in [2.24, 2.45) is 4.99 Å². The summed E-state index contributed by atoms with van der Waals surface area (Å²) in [5.74, 6) is 0.185. The first kappa shape index (κ1) is 29.3. The lowest BCUT2D eigenvalue weighted by Gasteiger charge is -2.25. The fraction of sp³-hybridized carbons (Fsp3) is 0.250. The molecule has 0 saturated carbocycles. The Kier molecular flexibility index (Phi) is 8.38. The number of carbonyl (C=O) groups is 2. The predicted molar refractivity (Wildman–Crippen MR) is 163 cm³/mol. The molecule has 8 nitrogen and oxygen atoms in total. The zero-order valence-electron chi connectivity index (χ0n) is 24.1. The Morgan fingerprint density at radius 2 is 1.81 bits per heavy atom. The molecule has 0 amide bonds. The van der Waals surface area contributed by atoms with E-state index in [4.69, 9.17) is 13.9 Å². The average molecular weight is 603 g/mol. The summed E-state index contributed by atoms with van der Waals surface area (Å²) in [4.78, 5) is 45.3. The Bertz CT molecular complexity index is 1890. The molecular weight excluding hydrogens is 572 g/mol. The van der Waals surface area contributed by atoms with Gasteiger partial charge >= 0.3 is 11.9 Å². The maximum atomic E-state index is 13.9. The number of hydrogen-bond acceptors (Lipinski definition) is 9. The number of allylic oxidation sites excluding steroid dienone is 1. The van der Waals surface area contributed by atoms with Crippen LogP contribution < -0.4 is 14.9 Å². The third-order valence-corrected chi connectivity index (χ3v) is 8.56. The fourth-order valence-electron chi connectivity index (χ4n) is 4.85. The summed E-state index contributed by atoms with van der Waals surface area (Å²) >= 11 is 2.85. The molecule has 4 aromatic rings. The van der Waals surface area contributed by atoms with E-state index in [1.54, 1.807) is 67.4 Å². The summed E-state index contributed by atoms with van der Waals surface area (Å²) in [7, 11) is 1.34. The normalized spacial score (nSPS) is 15.0. The van der Waals surface area contributed by atoms with Crippen molar-refractivity contribution >= 4 is 41.1 Å². The van der Waals surface area contributed by atoms with Gasteiger partial charge in [-0.05, 0) is 81.5 Å². The Morgan fingerprint density at radius 1 is 1.07 bits per heavy atom. The molecule has 0 N–H and O–H groups in total. The smallest absolute Gasteiger partial charge is 0.338 e. The number of furan rings is 1. The van der Waals surface area contributed by atoms with E-state index in [2.05, 4.69) is 4.99 Å². The van der Waals surface area contributed by atoms with E-state index in [0.717, 1.165) is 21.6 Å². The van der Waals surface area contributed by atoms with Crippen LogP contribution >= 0.6 is 23.1 Å². The Balaban J connectivity index is 1.58. The zero-order valence-corrected chi connectivity index (χ0v) is 25.7. The second-order valence-electron chi connectivity index (χ2n) is 10.0. The summed E-state index contributed by atoms with van der Waals surface area (Å²) < 4.78 is 18.5. The molecule has 0 radical (unpaired) electrons. The van der Waals surface area contributed by atoms with Crippen LogP contribution in [0.4, 0.5) is 0 Å². The molecule has 42 heavy (non-hydrogen) atoms. The second-order valence-corrected chi connectivity index (χ2v) is 11.9. The van der Waals surface area contributed by atoms with Crippen molar-refractivity contribution in [3.05, 3.63) is 108 Å². The summed E-state index contributed by atoms with van der Waals surface area (Å²) in [5.41, 5.74) is 3.48. The van der Waals surface area contributed by atoms with Crippen LogP contribution in [-0.2, 0) is 14.3 Å².